The van der Waals surface area contributed by atoms with Gasteiger partial charge in [0.2, 0.25) is 15.2 Å². The van der Waals surface area contributed by atoms with Crippen molar-refractivity contribution in [3.63, 3.8) is 0 Å². The summed E-state index contributed by atoms with van der Waals surface area (Å²) >= 11 is 4.63. The molecule has 0 N–H and O–H groups in total. The molecule has 1 aromatic heterocycles. The lowest BCUT2D eigenvalue weighted by atomic mass is 10.1. The predicted octanol–water partition coefficient (Wildman–Crippen LogP) is 3.54. The van der Waals surface area contributed by atoms with E-state index in [1.807, 2.05) is 0 Å². The molecular formula is C19H18BrFN4O2S2. The van der Waals surface area contributed by atoms with E-state index in [4.69, 9.17) is 0 Å². The highest BCUT2D eigenvalue weighted by Crippen LogP contribution is 2.24. The summed E-state index contributed by atoms with van der Waals surface area (Å²) in [6.45, 7) is 1.90. The summed E-state index contributed by atoms with van der Waals surface area (Å²) in [5.74, 6) is 0.415. The second kappa shape index (κ2) is 8.47. The summed E-state index contributed by atoms with van der Waals surface area (Å²) in [5, 5.41) is 0.780. The lowest BCUT2D eigenvalue weighted by Gasteiger charge is -2.33. The molecule has 0 radical (unpaired) electrons. The van der Waals surface area contributed by atoms with Gasteiger partial charge in [-0.1, -0.05) is 28.1 Å². The van der Waals surface area contributed by atoms with Gasteiger partial charge in [-0.15, -0.1) is 0 Å². The number of piperazine rings is 1. The van der Waals surface area contributed by atoms with E-state index < -0.39 is 10.0 Å². The van der Waals surface area contributed by atoms with E-state index in [0.29, 0.717) is 43.3 Å². The van der Waals surface area contributed by atoms with E-state index in [0.717, 1.165) is 15.2 Å². The quantitative estimate of drug-likeness (QED) is 0.540. The molecule has 1 aliphatic heterocycles. The molecule has 2 aromatic carbocycles. The zero-order valence-electron chi connectivity index (χ0n) is 15.3. The lowest BCUT2D eigenvalue weighted by molar-refractivity contribution is 0.384. The monoisotopic (exact) mass is 496 g/mol. The summed E-state index contributed by atoms with van der Waals surface area (Å²) in [6.07, 6.45) is 0.536. The Bertz CT molecular complexity index is 1080. The number of benzene rings is 2. The highest BCUT2D eigenvalue weighted by Gasteiger charge is 2.29. The molecule has 0 bridgehead atoms. The first kappa shape index (κ1) is 20.4. The van der Waals surface area contributed by atoms with Crippen molar-refractivity contribution < 1.29 is 12.8 Å². The number of hydrogen-bond donors (Lipinski definition) is 0. The van der Waals surface area contributed by atoms with Crippen LogP contribution in [0.2, 0.25) is 0 Å². The van der Waals surface area contributed by atoms with Crippen LogP contribution in [0.5, 0.6) is 0 Å². The van der Waals surface area contributed by atoms with Gasteiger partial charge in [-0.05, 0) is 42.0 Å². The molecule has 3 aromatic rings. The van der Waals surface area contributed by atoms with Gasteiger partial charge in [0.1, 0.15) is 11.6 Å². The summed E-state index contributed by atoms with van der Waals surface area (Å²) in [7, 11) is -3.50. The van der Waals surface area contributed by atoms with Crippen molar-refractivity contribution in [2.45, 2.75) is 11.3 Å². The van der Waals surface area contributed by atoms with Crippen molar-refractivity contribution in [3.05, 3.63) is 70.2 Å². The van der Waals surface area contributed by atoms with Crippen molar-refractivity contribution in [2.24, 2.45) is 0 Å². The topological polar surface area (TPSA) is 66.4 Å². The summed E-state index contributed by atoms with van der Waals surface area (Å²) < 4.78 is 45.4. The molecule has 10 heteroatoms. The van der Waals surface area contributed by atoms with Crippen LogP contribution < -0.4 is 4.90 Å². The number of halogens is 2. The highest BCUT2D eigenvalue weighted by atomic mass is 79.9. The van der Waals surface area contributed by atoms with Crippen molar-refractivity contribution in [1.29, 1.82) is 0 Å². The van der Waals surface area contributed by atoms with Crippen LogP contribution in [0, 0.1) is 5.82 Å². The zero-order chi connectivity index (χ0) is 20.4. The molecule has 152 valence electrons. The molecule has 29 heavy (non-hydrogen) atoms. The third-order valence-corrected chi connectivity index (χ3v) is 7.95. The smallest absolute Gasteiger partial charge is 0.243 e. The molecule has 0 amide bonds. The zero-order valence-corrected chi connectivity index (χ0v) is 18.6. The Morgan fingerprint density at radius 3 is 2.31 bits per heavy atom. The normalized spacial score (nSPS) is 15.6. The van der Waals surface area contributed by atoms with Gasteiger partial charge in [0.25, 0.3) is 0 Å². The van der Waals surface area contributed by atoms with Gasteiger partial charge in [-0.3, -0.25) is 0 Å². The maximum absolute atomic E-state index is 13.0. The van der Waals surface area contributed by atoms with Crippen molar-refractivity contribution in [1.82, 2.24) is 13.7 Å². The first-order valence-electron chi connectivity index (χ1n) is 8.99. The maximum atomic E-state index is 13.0. The number of sulfonamides is 1. The van der Waals surface area contributed by atoms with Gasteiger partial charge >= 0.3 is 0 Å². The predicted molar refractivity (Wildman–Crippen MR) is 114 cm³/mol. The van der Waals surface area contributed by atoms with E-state index in [2.05, 4.69) is 30.2 Å². The Kier molecular flexibility index (Phi) is 5.95. The van der Waals surface area contributed by atoms with Crippen molar-refractivity contribution in [3.8, 4) is 0 Å². The third-order valence-electron chi connectivity index (χ3n) is 4.69. The van der Waals surface area contributed by atoms with E-state index in [-0.39, 0.29) is 5.82 Å². The number of hydrogen-bond acceptors (Lipinski definition) is 6. The minimum Gasteiger partial charge on any atom is -0.344 e. The minimum atomic E-state index is -3.50. The molecule has 0 saturated carbocycles. The second-order valence-electron chi connectivity index (χ2n) is 6.64. The highest BCUT2D eigenvalue weighted by molar-refractivity contribution is 9.10. The van der Waals surface area contributed by atoms with Crippen LogP contribution in [0.4, 0.5) is 9.52 Å². The summed E-state index contributed by atoms with van der Waals surface area (Å²) in [6, 6.07) is 13.0. The van der Waals surface area contributed by atoms with Crippen LogP contribution in [0.3, 0.4) is 0 Å². The molecule has 6 nitrogen and oxygen atoms in total. The van der Waals surface area contributed by atoms with Crippen LogP contribution in [0.15, 0.2) is 57.9 Å². The third kappa shape index (κ3) is 4.66. The molecule has 1 aliphatic rings. The number of rotatable bonds is 5. The fourth-order valence-electron chi connectivity index (χ4n) is 3.11. The van der Waals surface area contributed by atoms with E-state index in [9.17, 15) is 12.8 Å². The first-order valence-corrected chi connectivity index (χ1v) is 12.0. The fraction of sp³-hybridized carbons (Fsp3) is 0.263. The Hall–Kier alpha value is -1.88. The van der Waals surface area contributed by atoms with Gasteiger partial charge in [-0.2, -0.15) is 8.68 Å². The molecule has 0 spiro atoms. The number of aromatic nitrogens is 2. The van der Waals surface area contributed by atoms with Crippen molar-refractivity contribution in [2.75, 3.05) is 31.1 Å². The molecule has 2 heterocycles. The van der Waals surface area contributed by atoms with Crippen LogP contribution in [-0.4, -0.2) is 48.3 Å². The van der Waals surface area contributed by atoms with Crippen molar-refractivity contribution >= 4 is 42.6 Å². The standard InChI is InChI=1S/C19H18BrFN4O2S2/c20-15-3-7-17(8-4-15)29(26,27)25-11-9-24(10-12-25)19-22-18(23-28-19)13-14-1-5-16(21)6-2-14/h1-8H,9-13H2. The minimum absolute atomic E-state index is 0.267. The second-order valence-corrected chi connectivity index (χ2v) is 10.2. The molecule has 0 atom stereocenters. The van der Waals surface area contributed by atoms with Gasteiger partial charge in [0.05, 0.1) is 4.90 Å². The average molecular weight is 497 g/mol. The number of anilines is 1. The Morgan fingerprint density at radius 1 is 1.00 bits per heavy atom. The van der Waals surface area contributed by atoms with Gasteiger partial charge in [0, 0.05) is 48.6 Å². The SMILES string of the molecule is O=S(=O)(c1ccc(Br)cc1)N1CCN(c2nc(Cc3ccc(F)cc3)ns2)CC1. The number of nitrogens with zero attached hydrogens (tertiary/aromatic N) is 4. The molecule has 4 rings (SSSR count). The summed E-state index contributed by atoms with van der Waals surface area (Å²) in [4.78, 5) is 6.93. The van der Waals surface area contributed by atoms with Gasteiger partial charge < -0.3 is 4.90 Å². The van der Waals surface area contributed by atoms with Gasteiger partial charge in [0.15, 0.2) is 0 Å². The van der Waals surface area contributed by atoms with E-state index in [1.165, 1.54) is 28.0 Å². The van der Waals surface area contributed by atoms with Crippen LogP contribution in [0.25, 0.3) is 0 Å². The first-order chi connectivity index (χ1) is 13.9. The molecule has 1 saturated heterocycles. The molecule has 0 aliphatic carbocycles. The fourth-order valence-corrected chi connectivity index (χ4v) is 5.53. The van der Waals surface area contributed by atoms with E-state index >= 15 is 0 Å². The maximum Gasteiger partial charge on any atom is 0.243 e. The molecule has 0 unspecified atom stereocenters. The van der Waals surface area contributed by atoms with Gasteiger partial charge in [-0.25, -0.2) is 17.8 Å². The largest absolute Gasteiger partial charge is 0.344 e. The Morgan fingerprint density at radius 2 is 1.66 bits per heavy atom. The van der Waals surface area contributed by atoms with Crippen LogP contribution in [0.1, 0.15) is 11.4 Å². The summed E-state index contributed by atoms with van der Waals surface area (Å²) in [5.41, 5.74) is 0.946. The van der Waals surface area contributed by atoms with E-state index in [1.54, 1.807) is 36.4 Å². The van der Waals surface area contributed by atoms with Crippen LogP contribution >= 0.6 is 27.5 Å². The van der Waals surface area contributed by atoms with Crippen LogP contribution in [-0.2, 0) is 16.4 Å². The Labute approximate surface area is 181 Å². The Balaban J connectivity index is 1.39. The average Bonchev–Trinajstić information content (AvgIpc) is 3.19. The molecular weight excluding hydrogens is 479 g/mol. The lowest BCUT2D eigenvalue weighted by Crippen LogP contribution is -2.48. The molecule has 1 fully saturated rings.